The molecule has 1 aromatic heterocycles. The third-order valence-corrected chi connectivity index (χ3v) is 3.89. The smallest absolute Gasteiger partial charge is 0.168 e. The first kappa shape index (κ1) is 15.4. The molecule has 21 heavy (non-hydrogen) atoms. The molecular formula is C13H19F2N5O. The Hall–Kier alpha value is -1.96. The number of anilines is 1. The van der Waals surface area contributed by atoms with Gasteiger partial charge in [-0.25, -0.2) is 13.8 Å². The van der Waals surface area contributed by atoms with Crippen molar-refractivity contribution in [3.8, 4) is 0 Å². The molecule has 0 aliphatic carbocycles. The minimum absolute atomic E-state index is 0.127. The fourth-order valence-corrected chi connectivity index (χ4v) is 2.40. The average molecular weight is 299 g/mol. The summed E-state index contributed by atoms with van der Waals surface area (Å²) in [5, 5.41) is 11.9. The molecule has 6 nitrogen and oxygen atoms in total. The van der Waals surface area contributed by atoms with Crippen LogP contribution in [0.15, 0.2) is 17.4 Å². The maximum atomic E-state index is 13.7. The van der Waals surface area contributed by atoms with Gasteiger partial charge in [0.15, 0.2) is 17.5 Å². The van der Waals surface area contributed by atoms with E-state index >= 15 is 0 Å². The number of amidine groups is 1. The fourth-order valence-electron chi connectivity index (χ4n) is 2.40. The van der Waals surface area contributed by atoms with E-state index in [2.05, 4.69) is 10.1 Å². The summed E-state index contributed by atoms with van der Waals surface area (Å²) >= 11 is 0. The minimum Gasteiger partial charge on any atom is -0.409 e. The van der Waals surface area contributed by atoms with Crippen LogP contribution < -0.4 is 10.6 Å². The molecule has 2 rings (SSSR count). The highest BCUT2D eigenvalue weighted by molar-refractivity contribution is 5.88. The number of hydrogen-bond donors (Lipinski definition) is 2. The third-order valence-electron chi connectivity index (χ3n) is 3.89. The van der Waals surface area contributed by atoms with Crippen LogP contribution in [0.3, 0.4) is 0 Å². The fraction of sp³-hybridized carbons (Fsp3) is 0.538. The van der Waals surface area contributed by atoms with Crippen molar-refractivity contribution >= 4 is 11.7 Å². The maximum Gasteiger partial charge on any atom is 0.168 e. The molecule has 0 radical (unpaired) electrons. The van der Waals surface area contributed by atoms with Crippen molar-refractivity contribution in [2.75, 3.05) is 31.1 Å². The van der Waals surface area contributed by atoms with Crippen LogP contribution in [0.5, 0.6) is 0 Å². The molecule has 0 spiro atoms. The zero-order valence-electron chi connectivity index (χ0n) is 12.1. The van der Waals surface area contributed by atoms with Gasteiger partial charge in [-0.3, -0.25) is 4.90 Å². The molecule has 0 bridgehead atoms. The first-order valence-corrected chi connectivity index (χ1v) is 6.65. The molecule has 1 aliphatic heterocycles. The summed E-state index contributed by atoms with van der Waals surface area (Å²) in [6, 6.07) is 0.828. The molecular weight excluding hydrogens is 280 g/mol. The Bertz CT molecular complexity index is 541. The summed E-state index contributed by atoms with van der Waals surface area (Å²) in [4.78, 5) is 7.61. The highest BCUT2D eigenvalue weighted by atomic mass is 19.1. The summed E-state index contributed by atoms with van der Waals surface area (Å²) in [5.74, 6) is -1.08. The van der Waals surface area contributed by atoms with E-state index in [1.165, 1.54) is 0 Å². The number of hydrogen-bond acceptors (Lipinski definition) is 5. The standard InChI is InChI=1S/C13H19F2N5O/c1-13(2,12(16)18-21)20-5-3-19(4-6-20)11-10(15)7-9(14)8-17-11/h7-8,21H,3-6H2,1-2H3,(H2,16,18). The number of rotatable bonds is 3. The van der Waals surface area contributed by atoms with Crippen molar-refractivity contribution in [3.63, 3.8) is 0 Å². The molecule has 2 heterocycles. The van der Waals surface area contributed by atoms with E-state index < -0.39 is 17.2 Å². The Balaban J connectivity index is 2.07. The summed E-state index contributed by atoms with van der Waals surface area (Å²) in [5.41, 5.74) is 5.11. The van der Waals surface area contributed by atoms with E-state index in [4.69, 9.17) is 10.9 Å². The second-order valence-electron chi connectivity index (χ2n) is 5.48. The summed E-state index contributed by atoms with van der Waals surface area (Å²) in [6.07, 6.45) is 1.01. The Morgan fingerprint density at radius 3 is 2.48 bits per heavy atom. The Kier molecular flexibility index (Phi) is 4.26. The zero-order valence-corrected chi connectivity index (χ0v) is 12.1. The topological polar surface area (TPSA) is 78.0 Å². The van der Waals surface area contributed by atoms with Crippen LogP contribution in [-0.4, -0.2) is 52.6 Å². The van der Waals surface area contributed by atoms with Crippen molar-refractivity contribution in [2.45, 2.75) is 19.4 Å². The predicted octanol–water partition coefficient (Wildman–Crippen LogP) is 1.01. The van der Waals surface area contributed by atoms with Crippen LogP contribution in [0.1, 0.15) is 13.8 Å². The van der Waals surface area contributed by atoms with Crippen molar-refractivity contribution in [1.29, 1.82) is 0 Å². The maximum absolute atomic E-state index is 13.7. The van der Waals surface area contributed by atoms with Gasteiger partial charge in [-0.2, -0.15) is 0 Å². The summed E-state index contributed by atoms with van der Waals surface area (Å²) < 4.78 is 26.6. The molecule has 0 amide bonds. The quantitative estimate of drug-likeness (QED) is 0.377. The van der Waals surface area contributed by atoms with Gasteiger partial charge in [0, 0.05) is 32.2 Å². The number of pyridine rings is 1. The average Bonchev–Trinajstić information content (AvgIpc) is 2.46. The normalized spacial score (nSPS) is 18.1. The van der Waals surface area contributed by atoms with Crippen molar-refractivity contribution in [2.24, 2.45) is 10.9 Å². The Morgan fingerprint density at radius 1 is 1.33 bits per heavy atom. The SMILES string of the molecule is CC(C)(C(N)=NO)N1CCN(c2ncc(F)cc2F)CC1. The van der Waals surface area contributed by atoms with Crippen LogP contribution in [0, 0.1) is 11.6 Å². The molecule has 1 aliphatic rings. The van der Waals surface area contributed by atoms with Gasteiger partial charge in [0.05, 0.1) is 11.7 Å². The van der Waals surface area contributed by atoms with Gasteiger partial charge in [-0.1, -0.05) is 5.16 Å². The first-order valence-electron chi connectivity index (χ1n) is 6.65. The van der Waals surface area contributed by atoms with E-state index in [0.717, 1.165) is 12.3 Å². The molecule has 1 aromatic rings. The van der Waals surface area contributed by atoms with Crippen LogP contribution in [0.4, 0.5) is 14.6 Å². The second-order valence-corrected chi connectivity index (χ2v) is 5.48. The number of piperazine rings is 1. The van der Waals surface area contributed by atoms with E-state index in [1.54, 1.807) is 4.90 Å². The predicted molar refractivity (Wildman–Crippen MR) is 75.4 cm³/mol. The third kappa shape index (κ3) is 3.05. The molecule has 1 fully saturated rings. The molecule has 0 atom stereocenters. The van der Waals surface area contributed by atoms with Gasteiger partial charge < -0.3 is 15.8 Å². The molecule has 1 saturated heterocycles. The van der Waals surface area contributed by atoms with Gasteiger partial charge in [0.2, 0.25) is 0 Å². The highest BCUT2D eigenvalue weighted by Crippen LogP contribution is 2.22. The van der Waals surface area contributed by atoms with Crippen molar-refractivity contribution in [3.05, 3.63) is 23.9 Å². The van der Waals surface area contributed by atoms with Crippen molar-refractivity contribution < 1.29 is 14.0 Å². The van der Waals surface area contributed by atoms with Crippen LogP contribution in [0.2, 0.25) is 0 Å². The van der Waals surface area contributed by atoms with E-state index in [0.29, 0.717) is 26.2 Å². The van der Waals surface area contributed by atoms with E-state index in [-0.39, 0.29) is 11.7 Å². The van der Waals surface area contributed by atoms with Gasteiger partial charge in [0.1, 0.15) is 5.82 Å². The van der Waals surface area contributed by atoms with E-state index in [1.807, 2.05) is 18.7 Å². The molecule has 3 N–H and O–H groups in total. The lowest BCUT2D eigenvalue weighted by Gasteiger charge is -2.43. The van der Waals surface area contributed by atoms with Gasteiger partial charge >= 0.3 is 0 Å². The molecule has 0 unspecified atom stereocenters. The van der Waals surface area contributed by atoms with E-state index in [9.17, 15) is 8.78 Å². The number of halogens is 2. The van der Waals surface area contributed by atoms with Gasteiger partial charge in [-0.05, 0) is 13.8 Å². The number of nitrogens with two attached hydrogens (primary N) is 1. The van der Waals surface area contributed by atoms with Crippen LogP contribution in [0.25, 0.3) is 0 Å². The zero-order chi connectivity index (χ0) is 15.6. The number of aromatic nitrogens is 1. The van der Waals surface area contributed by atoms with Gasteiger partial charge in [0.25, 0.3) is 0 Å². The number of oxime groups is 1. The molecule has 0 aromatic carbocycles. The number of nitrogens with zero attached hydrogens (tertiary/aromatic N) is 4. The lowest BCUT2D eigenvalue weighted by Crippen LogP contribution is -2.60. The second kappa shape index (κ2) is 5.80. The van der Waals surface area contributed by atoms with Crippen LogP contribution in [-0.2, 0) is 0 Å². The van der Waals surface area contributed by atoms with Crippen LogP contribution >= 0.6 is 0 Å². The first-order chi connectivity index (χ1) is 9.86. The highest BCUT2D eigenvalue weighted by Gasteiger charge is 2.34. The Morgan fingerprint density at radius 2 is 1.95 bits per heavy atom. The lowest BCUT2D eigenvalue weighted by molar-refractivity contribution is 0.160. The summed E-state index contributed by atoms with van der Waals surface area (Å²) in [7, 11) is 0. The minimum atomic E-state index is -0.692. The molecule has 116 valence electrons. The molecule has 0 saturated carbocycles. The Labute approximate surface area is 121 Å². The lowest BCUT2D eigenvalue weighted by atomic mass is 10.0. The van der Waals surface area contributed by atoms with Gasteiger partial charge in [-0.15, -0.1) is 0 Å². The monoisotopic (exact) mass is 299 g/mol. The molecule has 8 heteroatoms. The largest absolute Gasteiger partial charge is 0.409 e. The summed E-state index contributed by atoms with van der Waals surface area (Å²) in [6.45, 7) is 5.96. The van der Waals surface area contributed by atoms with Crippen molar-refractivity contribution in [1.82, 2.24) is 9.88 Å².